The third-order valence-electron chi connectivity index (χ3n) is 4.82. The zero-order valence-corrected chi connectivity index (χ0v) is 17.8. The monoisotopic (exact) mass is 425 g/mol. The van der Waals surface area contributed by atoms with Crippen LogP contribution in [0.3, 0.4) is 0 Å². The highest BCUT2D eigenvalue weighted by atomic mass is 35.5. The van der Waals surface area contributed by atoms with Crippen molar-refractivity contribution in [3.05, 3.63) is 38.9 Å². The molecule has 0 saturated heterocycles. The van der Waals surface area contributed by atoms with Crippen LogP contribution in [0.1, 0.15) is 69.7 Å². The standard InChI is InChI=1S/C20H28ClN3O5/c1-19(2,3)29-18(26)23-20(10-6-4-5-7-11-20)13-22-17(25)15-9-8-14(24(27)28)12-16(15)21/h8-9,12H,4-7,10-11,13H2,1-3H3,(H,22,25)(H,23,26). The Balaban J connectivity index is 2.12. The summed E-state index contributed by atoms with van der Waals surface area (Å²) in [5.41, 5.74) is -1.26. The minimum atomic E-state index is -0.620. The van der Waals surface area contributed by atoms with Gasteiger partial charge in [-0.3, -0.25) is 14.9 Å². The molecule has 2 amide bonds. The van der Waals surface area contributed by atoms with Gasteiger partial charge in [-0.05, 0) is 39.7 Å². The number of nitro benzene ring substituents is 1. The van der Waals surface area contributed by atoms with Gasteiger partial charge in [-0.15, -0.1) is 0 Å². The second-order valence-corrected chi connectivity index (χ2v) is 8.83. The fourth-order valence-corrected chi connectivity index (χ4v) is 3.68. The van der Waals surface area contributed by atoms with Crippen LogP contribution in [0.5, 0.6) is 0 Å². The van der Waals surface area contributed by atoms with Gasteiger partial charge < -0.3 is 15.4 Å². The van der Waals surface area contributed by atoms with Gasteiger partial charge in [0.05, 0.1) is 21.0 Å². The van der Waals surface area contributed by atoms with Crippen LogP contribution in [0.4, 0.5) is 10.5 Å². The van der Waals surface area contributed by atoms with Crippen LogP contribution in [0.25, 0.3) is 0 Å². The number of halogens is 1. The number of non-ortho nitro benzene ring substituents is 1. The Bertz CT molecular complexity index is 768. The summed E-state index contributed by atoms with van der Waals surface area (Å²) in [6.45, 7) is 5.61. The number of amides is 2. The summed E-state index contributed by atoms with van der Waals surface area (Å²) in [4.78, 5) is 35.3. The normalized spacial score (nSPS) is 16.4. The van der Waals surface area contributed by atoms with Crippen LogP contribution in [0.15, 0.2) is 18.2 Å². The number of carbonyl (C=O) groups excluding carboxylic acids is 2. The van der Waals surface area contributed by atoms with Gasteiger partial charge in [0.2, 0.25) is 0 Å². The third-order valence-corrected chi connectivity index (χ3v) is 5.13. The molecule has 1 aromatic rings. The highest BCUT2D eigenvalue weighted by molar-refractivity contribution is 6.34. The van der Waals surface area contributed by atoms with Crippen molar-refractivity contribution in [2.45, 2.75) is 70.4 Å². The van der Waals surface area contributed by atoms with Crippen molar-refractivity contribution in [3.8, 4) is 0 Å². The molecule has 160 valence electrons. The number of nitrogens with one attached hydrogen (secondary N) is 2. The fourth-order valence-electron chi connectivity index (χ4n) is 3.42. The van der Waals surface area contributed by atoms with E-state index < -0.39 is 28.1 Å². The first-order valence-corrected chi connectivity index (χ1v) is 10.1. The number of hydrogen-bond donors (Lipinski definition) is 2. The largest absolute Gasteiger partial charge is 0.444 e. The van der Waals surface area contributed by atoms with Crippen LogP contribution < -0.4 is 10.6 Å². The lowest BCUT2D eigenvalue weighted by atomic mass is 9.90. The molecule has 0 bridgehead atoms. The molecule has 1 fully saturated rings. The molecule has 29 heavy (non-hydrogen) atoms. The third kappa shape index (κ3) is 6.88. The second-order valence-electron chi connectivity index (χ2n) is 8.43. The number of nitrogens with zero attached hydrogens (tertiary/aromatic N) is 1. The SMILES string of the molecule is CC(C)(C)OC(=O)NC1(CNC(=O)c2ccc([N+](=O)[O-])cc2Cl)CCCCCC1. The maximum atomic E-state index is 12.6. The van der Waals surface area contributed by atoms with Crippen LogP contribution >= 0.6 is 11.6 Å². The molecule has 0 spiro atoms. The molecule has 0 radical (unpaired) electrons. The Labute approximate surface area is 175 Å². The number of nitro groups is 1. The van der Waals surface area contributed by atoms with Gasteiger partial charge in [-0.1, -0.05) is 37.3 Å². The Morgan fingerprint density at radius 1 is 1.21 bits per heavy atom. The minimum Gasteiger partial charge on any atom is -0.444 e. The lowest BCUT2D eigenvalue weighted by Gasteiger charge is -2.35. The van der Waals surface area contributed by atoms with E-state index in [9.17, 15) is 19.7 Å². The van der Waals surface area contributed by atoms with E-state index in [0.717, 1.165) is 44.6 Å². The van der Waals surface area contributed by atoms with Crippen molar-refractivity contribution in [1.29, 1.82) is 0 Å². The number of rotatable bonds is 5. The maximum absolute atomic E-state index is 12.6. The van der Waals surface area contributed by atoms with Crippen molar-refractivity contribution in [1.82, 2.24) is 10.6 Å². The zero-order chi connectivity index (χ0) is 21.7. The van der Waals surface area contributed by atoms with Crippen LogP contribution in [-0.4, -0.2) is 34.6 Å². The van der Waals surface area contributed by atoms with E-state index in [-0.39, 0.29) is 22.8 Å². The number of carbonyl (C=O) groups is 2. The van der Waals surface area contributed by atoms with Gasteiger partial charge in [0.25, 0.3) is 11.6 Å². The Kier molecular flexibility index (Phi) is 7.46. The summed E-state index contributed by atoms with van der Waals surface area (Å²) in [6, 6.07) is 3.72. The maximum Gasteiger partial charge on any atom is 0.408 e. The minimum absolute atomic E-state index is 0.00622. The lowest BCUT2D eigenvalue weighted by molar-refractivity contribution is -0.384. The number of hydrogen-bond acceptors (Lipinski definition) is 5. The lowest BCUT2D eigenvalue weighted by Crippen LogP contribution is -2.56. The highest BCUT2D eigenvalue weighted by Gasteiger charge is 2.35. The van der Waals surface area contributed by atoms with Gasteiger partial charge in [0.15, 0.2) is 0 Å². The quantitative estimate of drug-likeness (QED) is 0.407. The first-order chi connectivity index (χ1) is 13.5. The van der Waals surface area contributed by atoms with Crippen molar-refractivity contribution in [2.75, 3.05) is 6.54 Å². The molecule has 1 aromatic carbocycles. The average molecular weight is 426 g/mol. The molecule has 9 heteroatoms. The molecule has 0 aliphatic heterocycles. The molecule has 0 unspecified atom stereocenters. The summed E-state index contributed by atoms with van der Waals surface area (Å²) in [7, 11) is 0. The van der Waals surface area contributed by atoms with E-state index in [1.165, 1.54) is 12.1 Å². The Morgan fingerprint density at radius 3 is 2.34 bits per heavy atom. The van der Waals surface area contributed by atoms with Crippen LogP contribution in [0.2, 0.25) is 5.02 Å². The molecular formula is C20H28ClN3O5. The summed E-state index contributed by atoms with van der Waals surface area (Å²) in [5, 5.41) is 16.7. The predicted octanol–water partition coefficient (Wildman–Crippen LogP) is 4.60. The first kappa shape index (κ1) is 22.9. The zero-order valence-electron chi connectivity index (χ0n) is 17.0. The number of benzene rings is 1. The van der Waals surface area contributed by atoms with E-state index in [2.05, 4.69) is 10.6 Å². The summed E-state index contributed by atoms with van der Waals surface area (Å²) >= 11 is 6.05. The highest BCUT2D eigenvalue weighted by Crippen LogP contribution is 2.28. The molecule has 1 saturated carbocycles. The molecule has 2 N–H and O–H groups in total. The molecule has 0 atom stereocenters. The van der Waals surface area contributed by atoms with E-state index in [4.69, 9.17) is 16.3 Å². The molecule has 1 aliphatic rings. The second kappa shape index (κ2) is 9.43. The molecular weight excluding hydrogens is 398 g/mol. The molecule has 0 heterocycles. The van der Waals surface area contributed by atoms with E-state index in [0.29, 0.717) is 0 Å². The van der Waals surface area contributed by atoms with Crippen molar-refractivity contribution >= 4 is 29.3 Å². The van der Waals surface area contributed by atoms with Gasteiger partial charge in [-0.25, -0.2) is 4.79 Å². The topological polar surface area (TPSA) is 111 Å². The first-order valence-electron chi connectivity index (χ1n) is 9.75. The Morgan fingerprint density at radius 2 is 1.83 bits per heavy atom. The van der Waals surface area contributed by atoms with E-state index in [1.807, 2.05) is 0 Å². The molecule has 8 nitrogen and oxygen atoms in total. The van der Waals surface area contributed by atoms with Gasteiger partial charge in [-0.2, -0.15) is 0 Å². The number of alkyl carbamates (subject to hydrolysis) is 1. The van der Waals surface area contributed by atoms with Crippen LogP contribution in [0, 0.1) is 10.1 Å². The molecule has 1 aliphatic carbocycles. The Hall–Kier alpha value is -2.35. The van der Waals surface area contributed by atoms with E-state index in [1.54, 1.807) is 20.8 Å². The van der Waals surface area contributed by atoms with E-state index >= 15 is 0 Å². The smallest absolute Gasteiger partial charge is 0.408 e. The van der Waals surface area contributed by atoms with Crippen LogP contribution in [-0.2, 0) is 4.74 Å². The average Bonchev–Trinajstić information content (AvgIpc) is 2.83. The van der Waals surface area contributed by atoms with Gasteiger partial charge in [0, 0.05) is 18.7 Å². The van der Waals surface area contributed by atoms with Crippen molar-refractivity contribution < 1.29 is 19.2 Å². The van der Waals surface area contributed by atoms with Crippen molar-refractivity contribution in [2.24, 2.45) is 0 Å². The summed E-state index contributed by atoms with van der Waals surface area (Å²) in [6.07, 6.45) is 4.94. The van der Waals surface area contributed by atoms with Gasteiger partial charge >= 0.3 is 6.09 Å². The molecule has 2 rings (SSSR count). The van der Waals surface area contributed by atoms with Crippen molar-refractivity contribution in [3.63, 3.8) is 0 Å². The predicted molar refractivity (Wildman–Crippen MR) is 110 cm³/mol. The summed E-state index contributed by atoms with van der Waals surface area (Å²) in [5.74, 6) is -0.445. The molecule has 0 aromatic heterocycles. The van der Waals surface area contributed by atoms with Gasteiger partial charge in [0.1, 0.15) is 5.60 Å². The fraction of sp³-hybridized carbons (Fsp3) is 0.600. The number of ether oxygens (including phenoxy) is 1. The summed E-state index contributed by atoms with van der Waals surface area (Å²) < 4.78 is 5.40.